The van der Waals surface area contributed by atoms with E-state index in [9.17, 15) is 14.7 Å². The predicted molar refractivity (Wildman–Crippen MR) is 122 cm³/mol. The number of carbonyl (C=O) groups is 2. The van der Waals surface area contributed by atoms with Crippen LogP contribution in [0.2, 0.25) is 10.0 Å². The van der Waals surface area contributed by atoms with Crippen LogP contribution in [0.4, 0.5) is 4.79 Å². The van der Waals surface area contributed by atoms with E-state index in [1.807, 2.05) is 18.2 Å². The number of fused-ring (bicyclic) bond motifs is 1. The van der Waals surface area contributed by atoms with Gasteiger partial charge in [0.15, 0.2) is 0 Å². The number of carboxylic acid groups (broad SMARTS) is 1. The van der Waals surface area contributed by atoms with Gasteiger partial charge in [0, 0.05) is 17.4 Å². The van der Waals surface area contributed by atoms with Crippen molar-refractivity contribution in [2.24, 2.45) is 0 Å². The Labute approximate surface area is 190 Å². The van der Waals surface area contributed by atoms with Crippen LogP contribution in [0.15, 0.2) is 48.5 Å². The second-order valence-corrected chi connectivity index (χ2v) is 8.88. The molecule has 3 rings (SSSR count). The third-order valence-electron chi connectivity index (χ3n) is 4.40. The Kier molecular flexibility index (Phi) is 6.72. The van der Waals surface area contributed by atoms with Gasteiger partial charge in [-0.1, -0.05) is 41.4 Å². The molecule has 1 heterocycles. The van der Waals surface area contributed by atoms with Crippen molar-refractivity contribution < 1.29 is 19.4 Å². The van der Waals surface area contributed by atoms with Crippen LogP contribution in [-0.2, 0) is 16.0 Å². The first kappa shape index (κ1) is 22.8. The zero-order valence-corrected chi connectivity index (χ0v) is 18.8. The lowest BCUT2D eigenvalue weighted by Crippen LogP contribution is -2.44. The highest BCUT2D eigenvalue weighted by molar-refractivity contribution is 6.39. The molecule has 0 saturated heterocycles. The highest BCUT2D eigenvalue weighted by Gasteiger charge is 2.24. The maximum atomic E-state index is 12.0. The quantitative estimate of drug-likeness (QED) is 0.507. The summed E-state index contributed by atoms with van der Waals surface area (Å²) in [5, 5.41) is 13.7. The standard InChI is InChI=1S/C23H22Cl2N2O4/c1-23(2,3)31-22(30)27-19(21(28)29)12-13-7-9-17-14(11-13)8-10-18(26-17)20-15(24)5-4-6-16(20)25/h4-11,19H,12H2,1-3H3,(H,27,30)(H,28,29)/t19-/m1/s1. The molecule has 1 aromatic heterocycles. The van der Waals surface area contributed by atoms with Gasteiger partial charge >= 0.3 is 12.1 Å². The third kappa shape index (κ3) is 5.87. The molecule has 1 atom stereocenters. The molecule has 3 aromatic rings. The molecule has 0 aliphatic rings. The number of rotatable bonds is 5. The summed E-state index contributed by atoms with van der Waals surface area (Å²) in [6, 6.07) is 13.2. The molecule has 6 nitrogen and oxygen atoms in total. The summed E-state index contributed by atoms with van der Waals surface area (Å²) in [6.07, 6.45) is -0.675. The van der Waals surface area contributed by atoms with E-state index in [4.69, 9.17) is 27.9 Å². The van der Waals surface area contributed by atoms with E-state index in [-0.39, 0.29) is 6.42 Å². The number of hydrogen-bond donors (Lipinski definition) is 2. The predicted octanol–water partition coefficient (Wildman–Crippen LogP) is 5.73. The normalized spacial score (nSPS) is 12.4. The van der Waals surface area contributed by atoms with Crippen LogP contribution in [-0.4, -0.2) is 33.8 Å². The lowest BCUT2D eigenvalue weighted by atomic mass is 10.0. The van der Waals surface area contributed by atoms with Gasteiger partial charge in [0.05, 0.1) is 21.3 Å². The Morgan fingerprint density at radius 1 is 1.10 bits per heavy atom. The first-order valence-corrected chi connectivity index (χ1v) is 10.4. The van der Waals surface area contributed by atoms with E-state index in [1.165, 1.54) is 0 Å². The molecule has 0 unspecified atom stereocenters. The smallest absolute Gasteiger partial charge is 0.408 e. The summed E-state index contributed by atoms with van der Waals surface area (Å²) in [5.41, 5.74) is 2.03. The Morgan fingerprint density at radius 3 is 2.39 bits per heavy atom. The summed E-state index contributed by atoms with van der Waals surface area (Å²) in [7, 11) is 0. The number of halogens is 2. The number of carboxylic acids is 1. The fourth-order valence-corrected chi connectivity index (χ4v) is 3.66. The number of aromatic nitrogens is 1. The molecular weight excluding hydrogens is 439 g/mol. The van der Waals surface area contributed by atoms with E-state index < -0.39 is 23.7 Å². The van der Waals surface area contributed by atoms with Gasteiger partial charge < -0.3 is 15.2 Å². The van der Waals surface area contributed by atoms with E-state index in [0.29, 0.717) is 26.8 Å². The highest BCUT2D eigenvalue weighted by atomic mass is 35.5. The SMILES string of the molecule is CC(C)(C)OC(=O)N[C@H](Cc1ccc2nc(-c3c(Cl)cccc3Cl)ccc2c1)C(=O)O. The van der Waals surface area contributed by atoms with Crippen molar-refractivity contribution in [1.82, 2.24) is 10.3 Å². The molecule has 8 heteroatoms. The molecule has 2 aromatic carbocycles. The summed E-state index contributed by atoms with van der Waals surface area (Å²) in [4.78, 5) is 28.2. The Hall–Kier alpha value is -2.83. The van der Waals surface area contributed by atoms with Gasteiger partial charge in [0.25, 0.3) is 0 Å². The van der Waals surface area contributed by atoms with Crippen molar-refractivity contribution >= 4 is 46.2 Å². The van der Waals surface area contributed by atoms with Crippen LogP contribution in [0.25, 0.3) is 22.2 Å². The van der Waals surface area contributed by atoms with Crippen LogP contribution in [0.5, 0.6) is 0 Å². The van der Waals surface area contributed by atoms with Gasteiger partial charge in [0.2, 0.25) is 0 Å². The molecule has 0 bridgehead atoms. The van der Waals surface area contributed by atoms with Gasteiger partial charge in [-0.3, -0.25) is 0 Å². The number of nitrogens with one attached hydrogen (secondary N) is 1. The lowest BCUT2D eigenvalue weighted by molar-refractivity contribution is -0.139. The number of amides is 1. The zero-order valence-electron chi connectivity index (χ0n) is 17.3. The topological polar surface area (TPSA) is 88.5 Å². The van der Waals surface area contributed by atoms with Gasteiger partial charge in [-0.15, -0.1) is 0 Å². The maximum Gasteiger partial charge on any atom is 0.408 e. The minimum Gasteiger partial charge on any atom is -0.480 e. The van der Waals surface area contributed by atoms with E-state index in [1.54, 1.807) is 51.1 Å². The molecule has 0 fully saturated rings. The Bertz CT molecular complexity index is 1120. The molecule has 0 radical (unpaired) electrons. The number of alkyl carbamates (subject to hydrolysis) is 1. The summed E-state index contributed by atoms with van der Waals surface area (Å²) in [5.74, 6) is -1.15. The fraction of sp³-hybridized carbons (Fsp3) is 0.261. The molecule has 31 heavy (non-hydrogen) atoms. The van der Waals surface area contributed by atoms with Gasteiger partial charge in [0.1, 0.15) is 11.6 Å². The summed E-state index contributed by atoms with van der Waals surface area (Å²) >= 11 is 12.6. The van der Waals surface area contributed by atoms with Crippen molar-refractivity contribution in [1.29, 1.82) is 0 Å². The van der Waals surface area contributed by atoms with E-state index >= 15 is 0 Å². The van der Waals surface area contributed by atoms with Crippen LogP contribution < -0.4 is 5.32 Å². The van der Waals surface area contributed by atoms with E-state index in [2.05, 4.69) is 10.3 Å². The van der Waals surface area contributed by atoms with Gasteiger partial charge in [-0.2, -0.15) is 0 Å². The van der Waals surface area contributed by atoms with Crippen molar-refractivity contribution in [3.63, 3.8) is 0 Å². The molecule has 2 N–H and O–H groups in total. The average Bonchev–Trinajstić information content (AvgIpc) is 2.65. The van der Waals surface area contributed by atoms with Crippen LogP contribution >= 0.6 is 23.2 Å². The molecule has 0 aliphatic carbocycles. The van der Waals surface area contributed by atoms with Crippen LogP contribution in [0.3, 0.4) is 0 Å². The van der Waals surface area contributed by atoms with Crippen molar-refractivity contribution in [2.45, 2.75) is 38.8 Å². The molecular formula is C23H22Cl2N2O4. The third-order valence-corrected chi connectivity index (χ3v) is 5.03. The second-order valence-electron chi connectivity index (χ2n) is 8.06. The minimum atomic E-state index is -1.15. The maximum absolute atomic E-state index is 12.0. The number of benzene rings is 2. The molecule has 0 saturated carbocycles. The van der Waals surface area contributed by atoms with Gasteiger partial charge in [-0.25, -0.2) is 14.6 Å². The van der Waals surface area contributed by atoms with Crippen molar-refractivity contribution in [3.8, 4) is 11.3 Å². The minimum absolute atomic E-state index is 0.0998. The first-order chi connectivity index (χ1) is 14.5. The number of pyridine rings is 1. The monoisotopic (exact) mass is 460 g/mol. The summed E-state index contributed by atoms with van der Waals surface area (Å²) < 4.78 is 5.16. The van der Waals surface area contributed by atoms with Gasteiger partial charge in [-0.05, 0) is 56.7 Å². The number of nitrogens with zero attached hydrogens (tertiary/aromatic N) is 1. The van der Waals surface area contributed by atoms with Crippen molar-refractivity contribution in [2.75, 3.05) is 0 Å². The highest BCUT2D eigenvalue weighted by Crippen LogP contribution is 2.34. The number of hydrogen-bond acceptors (Lipinski definition) is 4. The second kappa shape index (κ2) is 9.12. The molecule has 162 valence electrons. The number of ether oxygens (including phenoxy) is 1. The number of carbonyl (C=O) groups excluding carboxylic acids is 1. The van der Waals surface area contributed by atoms with Crippen LogP contribution in [0, 0.1) is 0 Å². The number of aliphatic carboxylic acids is 1. The zero-order chi connectivity index (χ0) is 22.8. The molecule has 0 aliphatic heterocycles. The van der Waals surface area contributed by atoms with E-state index in [0.717, 1.165) is 10.9 Å². The van der Waals surface area contributed by atoms with Crippen molar-refractivity contribution in [3.05, 3.63) is 64.1 Å². The average molecular weight is 461 g/mol. The Balaban J connectivity index is 1.83. The van der Waals surface area contributed by atoms with Crippen LogP contribution in [0.1, 0.15) is 26.3 Å². The fourth-order valence-electron chi connectivity index (χ4n) is 3.07. The lowest BCUT2D eigenvalue weighted by Gasteiger charge is -2.22. The largest absolute Gasteiger partial charge is 0.480 e. The molecule has 1 amide bonds. The summed E-state index contributed by atoms with van der Waals surface area (Å²) in [6.45, 7) is 5.13. The first-order valence-electron chi connectivity index (χ1n) is 9.60. The Morgan fingerprint density at radius 2 is 1.77 bits per heavy atom. The molecule has 0 spiro atoms.